The number of carbonyl (C=O) groups is 1. The van der Waals surface area contributed by atoms with Crippen molar-refractivity contribution in [2.75, 3.05) is 6.61 Å². The van der Waals surface area contributed by atoms with Gasteiger partial charge in [-0.15, -0.1) is 0 Å². The van der Waals surface area contributed by atoms with E-state index in [9.17, 15) is 25.2 Å². The van der Waals surface area contributed by atoms with Crippen LogP contribution < -0.4 is 5.32 Å². The van der Waals surface area contributed by atoms with Crippen LogP contribution >= 0.6 is 0 Å². The molecule has 0 aliphatic heterocycles. The van der Waals surface area contributed by atoms with Gasteiger partial charge < -0.3 is 25.7 Å². The number of unbranched alkanes of at least 4 members (excludes halogenated alkanes) is 27. The molecule has 0 aliphatic carbocycles. The number of rotatable bonds is 42. The van der Waals surface area contributed by atoms with Gasteiger partial charge in [0.15, 0.2) is 0 Å². The molecule has 0 saturated heterocycles. The van der Waals surface area contributed by atoms with Gasteiger partial charge in [0.25, 0.3) is 0 Å². The lowest BCUT2D eigenvalue weighted by Gasteiger charge is -2.27. The molecule has 0 aromatic rings. The minimum atomic E-state index is -1.28. The molecule has 0 bridgehead atoms. The molecule has 54 heavy (non-hydrogen) atoms. The molecule has 318 valence electrons. The summed E-state index contributed by atoms with van der Waals surface area (Å²) in [6.45, 7) is 3.91. The van der Waals surface area contributed by atoms with Crippen molar-refractivity contribution >= 4 is 5.91 Å². The number of hydrogen-bond acceptors (Lipinski definition) is 5. The fourth-order valence-corrected chi connectivity index (χ4v) is 7.09. The molecular formula is C48H91NO5. The fraction of sp³-hybridized carbons (Fsp3) is 0.854. The SMILES string of the molecule is CCC/C=C/CCCC(O)C(O)C(CO)NC(=O)C(O)CCCCCCCCCCCCCCCCCC/C=C\C/C=C\CCCCCCCCCCC. The molecule has 0 aromatic heterocycles. The lowest BCUT2D eigenvalue weighted by atomic mass is 10.00. The molecule has 4 unspecified atom stereocenters. The Labute approximate surface area is 335 Å². The van der Waals surface area contributed by atoms with Crippen LogP contribution in [0.1, 0.15) is 232 Å². The maximum absolute atomic E-state index is 12.4. The van der Waals surface area contributed by atoms with Gasteiger partial charge in [-0.05, 0) is 64.2 Å². The van der Waals surface area contributed by atoms with E-state index in [0.717, 1.165) is 44.9 Å². The number of aliphatic hydroxyl groups is 4. The monoisotopic (exact) mass is 762 g/mol. The number of amides is 1. The molecule has 0 radical (unpaired) electrons. The third-order valence-electron chi connectivity index (χ3n) is 10.8. The Morgan fingerprint density at radius 2 is 0.852 bits per heavy atom. The summed E-state index contributed by atoms with van der Waals surface area (Å²) in [7, 11) is 0. The molecule has 5 N–H and O–H groups in total. The van der Waals surface area contributed by atoms with Crippen LogP contribution in [0.15, 0.2) is 36.5 Å². The highest BCUT2D eigenvalue weighted by Crippen LogP contribution is 2.16. The number of hydrogen-bond donors (Lipinski definition) is 5. The maximum Gasteiger partial charge on any atom is 0.249 e. The molecule has 1 amide bonds. The van der Waals surface area contributed by atoms with E-state index in [1.807, 2.05) is 0 Å². The van der Waals surface area contributed by atoms with Gasteiger partial charge in [-0.25, -0.2) is 0 Å². The smallest absolute Gasteiger partial charge is 0.249 e. The zero-order valence-corrected chi connectivity index (χ0v) is 35.7. The Kier molecular flexibility index (Phi) is 41.5. The molecule has 0 aromatic carbocycles. The van der Waals surface area contributed by atoms with E-state index in [0.29, 0.717) is 19.3 Å². The lowest BCUT2D eigenvalue weighted by Crippen LogP contribution is -2.53. The van der Waals surface area contributed by atoms with E-state index >= 15 is 0 Å². The molecule has 0 spiro atoms. The van der Waals surface area contributed by atoms with Gasteiger partial charge in [-0.1, -0.05) is 204 Å². The first kappa shape index (κ1) is 52.5. The van der Waals surface area contributed by atoms with Gasteiger partial charge in [-0.3, -0.25) is 4.79 Å². The van der Waals surface area contributed by atoms with E-state index in [2.05, 4.69) is 55.6 Å². The van der Waals surface area contributed by atoms with Crippen molar-refractivity contribution in [2.45, 2.75) is 257 Å². The van der Waals surface area contributed by atoms with Crippen LogP contribution in [0.5, 0.6) is 0 Å². The van der Waals surface area contributed by atoms with E-state index < -0.39 is 36.9 Å². The second-order valence-corrected chi connectivity index (χ2v) is 16.1. The van der Waals surface area contributed by atoms with Crippen LogP contribution in [0.25, 0.3) is 0 Å². The minimum Gasteiger partial charge on any atom is -0.394 e. The molecule has 0 saturated carbocycles. The summed E-state index contributed by atoms with van der Waals surface area (Å²) in [4.78, 5) is 12.4. The zero-order chi connectivity index (χ0) is 39.6. The van der Waals surface area contributed by atoms with Gasteiger partial charge in [0.1, 0.15) is 12.2 Å². The quantitative estimate of drug-likeness (QED) is 0.0314. The Hall–Kier alpha value is -1.47. The third-order valence-corrected chi connectivity index (χ3v) is 10.8. The average molecular weight is 762 g/mol. The summed E-state index contributed by atoms with van der Waals surface area (Å²) in [6, 6.07) is -0.998. The van der Waals surface area contributed by atoms with Gasteiger partial charge >= 0.3 is 0 Å². The summed E-state index contributed by atoms with van der Waals surface area (Å²) in [6.07, 6.45) is 51.1. The Morgan fingerprint density at radius 3 is 1.30 bits per heavy atom. The predicted molar refractivity (Wildman–Crippen MR) is 233 cm³/mol. The van der Waals surface area contributed by atoms with Crippen LogP contribution in [-0.2, 0) is 4.79 Å². The highest BCUT2D eigenvalue weighted by molar-refractivity contribution is 5.80. The van der Waals surface area contributed by atoms with Crippen LogP contribution in [0.4, 0.5) is 0 Å². The predicted octanol–water partition coefficient (Wildman–Crippen LogP) is 12.5. The Morgan fingerprint density at radius 1 is 0.463 bits per heavy atom. The zero-order valence-electron chi connectivity index (χ0n) is 35.7. The van der Waals surface area contributed by atoms with Crippen LogP contribution in [-0.4, -0.2) is 57.3 Å². The number of allylic oxidation sites excluding steroid dienone is 6. The molecule has 0 fully saturated rings. The lowest BCUT2D eigenvalue weighted by molar-refractivity contribution is -0.132. The second kappa shape index (κ2) is 42.7. The fourth-order valence-electron chi connectivity index (χ4n) is 7.09. The number of carbonyl (C=O) groups excluding carboxylic acids is 1. The van der Waals surface area contributed by atoms with Crippen LogP contribution in [0.2, 0.25) is 0 Å². The van der Waals surface area contributed by atoms with Gasteiger partial charge in [0.2, 0.25) is 5.91 Å². The van der Waals surface area contributed by atoms with Crippen LogP contribution in [0.3, 0.4) is 0 Å². The summed E-state index contributed by atoms with van der Waals surface area (Å²) in [5, 5.41) is 43.2. The molecule has 6 nitrogen and oxygen atoms in total. The second-order valence-electron chi connectivity index (χ2n) is 16.1. The Balaban J connectivity index is 3.52. The van der Waals surface area contributed by atoms with Crippen LogP contribution in [0, 0.1) is 0 Å². The minimum absolute atomic E-state index is 0.363. The van der Waals surface area contributed by atoms with E-state index in [1.54, 1.807) is 0 Å². The van der Waals surface area contributed by atoms with Crippen molar-refractivity contribution in [1.82, 2.24) is 5.32 Å². The first-order chi connectivity index (χ1) is 26.5. The topological polar surface area (TPSA) is 110 Å². The molecular weight excluding hydrogens is 671 g/mol. The van der Waals surface area contributed by atoms with Gasteiger partial charge in [0.05, 0.1) is 18.8 Å². The van der Waals surface area contributed by atoms with Crippen molar-refractivity contribution in [3.63, 3.8) is 0 Å². The first-order valence-corrected chi connectivity index (χ1v) is 23.4. The van der Waals surface area contributed by atoms with Gasteiger partial charge in [-0.2, -0.15) is 0 Å². The summed E-state index contributed by atoms with van der Waals surface area (Å²) < 4.78 is 0. The first-order valence-electron chi connectivity index (χ1n) is 23.4. The van der Waals surface area contributed by atoms with Crippen molar-refractivity contribution in [3.8, 4) is 0 Å². The van der Waals surface area contributed by atoms with Gasteiger partial charge in [0, 0.05) is 0 Å². The van der Waals surface area contributed by atoms with Crippen molar-refractivity contribution in [2.24, 2.45) is 0 Å². The Bertz CT molecular complexity index is 858. The highest BCUT2D eigenvalue weighted by Gasteiger charge is 2.28. The van der Waals surface area contributed by atoms with E-state index in [1.165, 1.54) is 154 Å². The summed E-state index contributed by atoms with van der Waals surface area (Å²) in [5.74, 6) is -0.598. The highest BCUT2D eigenvalue weighted by atomic mass is 16.3. The number of nitrogens with one attached hydrogen (secondary N) is 1. The molecule has 4 atom stereocenters. The number of aliphatic hydroxyl groups excluding tert-OH is 4. The van der Waals surface area contributed by atoms with E-state index in [4.69, 9.17) is 0 Å². The molecule has 0 heterocycles. The molecule has 0 aliphatic rings. The summed E-state index contributed by atoms with van der Waals surface area (Å²) in [5.41, 5.74) is 0. The largest absolute Gasteiger partial charge is 0.394 e. The van der Waals surface area contributed by atoms with E-state index in [-0.39, 0.29) is 0 Å². The third kappa shape index (κ3) is 36.2. The molecule has 6 heteroatoms. The maximum atomic E-state index is 12.4. The average Bonchev–Trinajstić information content (AvgIpc) is 3.18. The normalized spacial score (nSPS) is 14.4. The molecule has 0 rings (SSSR count). The standard InChI is InChI=1S/C48H91NO5/c1-3-5-7-9-11-12-13-14-15-16-17-18-19-20-21-22-23-24-25-26-27-28-29-30-31-32-33-34-35-36-38-40-42-46(52)48(54)49-44(43-50)47(53)45(51)41-39-37-10-8-6-4-2/h8,10,17-18,20-21,44-47,50-53H,3-7,9,11-16,19,22-43H2,1-2H3,(H,49,54)/b10-8+,18-17-,21-20-. The van der Waals surface area contributed by atoms with Crippen molar-refractivity contribution in [3.05, 3.63) is 36.5 Å². The van der Waals surface area contributed by atoms with Crippen molar-refractivity contribution < 1.29 is 25.2 Å². The van der Waals surface area contributed by atoms with Crippen molar-refractivity contribution in [1.29, 1.82) is 0 Å². The summed E-state index contributed by atoms with van der Waals surface area (Å²) >= 11 is 0.